The topological polar surface area (TPSA) is 96.8 Å². The predicted molar refractivity (Wildman–Crippen MR) is 144 cm³/mol. The van der Waals surface area contributed by atoms with Crippen molar-refractivity contribution >= 4 is 57.2 Å². The third kappa shape index (κ3) is 5.51. The van der Waals surface area contributed by atoms with Crippen LogP contribution in [0.15, 0.2) is 97.8 Å². The number of amides is 1. The van der Waals surface area contributed by atoms with E-state index in [4.69, 9.17) is 16.6 Å². The van der Waals surface area contributed by atoms with Gasteiger partial charge in [0.25, 0.3) is 0 Å². The van der Waals surface area contributed by atoms with Gasteiger partial charge in [-0.05, 0) is 48.0 Å². The average molecular weight is 496 g/mol. The molecule has 8 nitrogen and oxygen atoms in total. The summed E-state index contributed by atoms with van der Waals surface area (Å²) in [6, 6.07) is 22.9. The summed E-state index contributed by atoms with van der Waals surface area (Å²) in [5.74, 6) is 0.683. The SMILES string of the molecule is C=CC(=O)Nc1cccc(Nc2nc(Nc3cnn(Cc4ccccc4)c3)nc3ccc(Cl)cc23)c1. The number of rotatable bonds is 8. The summed E-state index contributed by atoms with van der Waals surface area (Å²) in [5.41, 5.74) is 4.00. The molecule has 0 saturated heterocycles. The Morgan fingerprint density at radius 3 is 2.61 bits per heavy atom. The van der Waals surface area contributed by atoms with Gasteiger partial charge in [-0.3, -0.25) is 9.48 Å². The highest BCUT2D eigenvalue weighted by Gasteiger charge is 2.11. The van der Waals surface area contributed by atoms with Crippen molar-refractivity contribution in [3.63, 3.8) is 0 Å². The average Bonchev–Trinajstić information content (AvgIpc) is 3.31. The number of carbonyl (C=O) groups is 1. The van der Waals surface area contributed by atoms with E-state index in [0.717, 1.165) is 22.3 Å². The number of fused-ring (bicyclic) bond motifs is 1. The maximum absolute atomic E-state index is 11.7. The van der Waals surface area contributed by atoms with E-state index in [2.05, 4.69) is 44.7 Å². The van der Waals surface area contributed by atoms with Crippen molar-refractivity contribution in [2.45, 2.75) is 6.54 Å². The van der Waals surface area contributed by atoms with Crippen LogP contribution in [0.1, 0.15) is 5.56 Å². The van der Waals surface area contributed by atoms with Crippen LogP contribution in [0.25, 0.3) is 10.9 Å². The molecule has 5 rings (SSSR count). The van der Waals surface area contributed by atoms with Crippen molar-refractivity contribution < 1.29 is 4.79 Å². The van der Waals surface area contributed by atoms with Crippen molar-refractivity contribution in [3.05, 3.63) is 108 Å². The van der Waals surface area contributed by atoms with Crippen LogP contribution in [-0.2, 0) is 11.3 Å². The Labute approximate surface area is 212 Å². The number of nitrogens with one attached hydrogen (secondary N) is 3. The van der Waals surface area contributed by atoms with Crippen molar-refractivity contribution in [2.75, 3.05) is 16.0 Å². The fourth-order valence-corrected chi connectivity index (χ4v) is 3.84. The minimum Gasteiger partial charge on any atom is -0.339 e. The van der Waals surface area contributed by atoms with E-state index in [-0.39, 0.29) is 5.91 Å². The van der Waals surface area contributed by atoms with Crippen molar-refractivity contribution in [1.82, 2.24) is 19.7 Å². The molecule has 0 aliphatic heterocycles. The van der Waals surface area contributed by atoms with Gasteiger partial charge in [0.05, 0.1) is 23.9 Å². The van der Waals surface area contributed by atoms with Gasteiger partial charge in [0.1, 0.15) is 5.82 Å². The highest BCUT2D eigenvalue weighted by molar-refractivity contribution is 6.31. The van der Waals surface area contributed by atoms with Crippen molar-refractivity contribution in [3.8, 4) is 0 Å². The standard InChI is InChI=1S/C27H22ClN7O/c1-2-25(36)30-20-9-6-10-21(14-20)31-26-23-13-19(28)11-12-24(23)33-27(34-26)32-22-15-29-35(17-22)16-18-7-4-3-5-8-18/h2-15,17H,1,16H2,(H,30,36)(H2,31,32,33,34). The number of hydrogen-bond acceptors (Lipinski definition) is 6. The number of benzene rings is 3. The molecule has 0 radical (unpaired) electrons. The molecule has 36 heavy (non-hydrogen) atoms. The summed E-state index contributed by atoms with van der Waals surface area (Å²) in [6.07, 6.45) is 4.86. The minimum absolute atomic E-state index is 0.286. The quantitative estimate of drug-likeness (QED) is 0.224. The highest BCUT2D eigenvalue weighted by Crippen LogP contribution is 2.29. The molecule has 0 aliphatic rings. The van der Waals surface area contributed by atoms with Gasteiger partial charge in [0.2, 0.25) is 11.9 Å². The monoisotopic (exact) mass is 495 g/mol. The van der Waals surface area contributed by atoms with E-state index in [9.17, 15) is 4.79 Å². The summed E-state index contributed by atoms with van der Waals surface area (Å²) in [5, 5.41) is 15.1. The highest BCUT2D eigenvalue weighted by atomic mass is 35.5. The lowest BCUT2D eigenvalue weighted by Gasteiger charge is -2.13. The zero-order chi connectivity index (χ0) is 24.9. The molecule has 0 atom stereocenters. The van der Waals surface area contributed by atoms with Crippen molar-refractivity contribution in [1.29, 1.82) is 0 Å². The molecule has 0 spiro atoms. The first-order valence-corrected chi connectivity index (χ1v) is 11.5. The lowest BCUT2D eigenvalue weighted by molar-refractivity contribution is -0.111. The zero-order valence-corrected chi connectivity index (χ0v) is 19.9. The number of anilines is 5. The summed E-state index contributed by atoms with van der Waals surface area (Å²) >= 11 is 6.26. The third-order valence-corrected chi connectivity index (χ3v) is 5.55. The maximum Gasteiger partial charge on any atom is 0.247 e. The van der Waals surface area contributed by atoms with E-state index in [1.54, 1.807) is 24.4 Å². The molecule has 3 N–H and O–H groups in total. The van der Waals surface area contributed by atoms with Crippen LogP contribution in [0.5, 0.6) is 0 Å². The largest absolute Gasteiger partial charge is 0.339 e. The van der Waals surface area contributed by atoms with Crippen LogP contribution in [-0.4, -0.2) is 25.7 Å². The molecular weight excluding hydrogens is 474 g/mol. The van der Waals surface area contributed by atoms with E-state index < -0.39 is 0 Å². The molecule has 5 aromatic rings. The number of aromatic nitrogens is 4. The molecule has 1 amide bonds. The van der Waals surface area contributed by atoms with Crippen LogP contribution in [0.2, 0.25) is 5.02 Å². The lowest BCUT2D eigenvalue weighted by atomic mass is 10.2. The molecule has 2 aromatic heterocycles. The van der Waals surface area contributed by atoms with Gasteiger partial charge >= 0.3 is 0 Å². The van der Waals surface area contributed by atoms with Gasteiger partial charge in [-0.15, -0.1) is 0 Å². The minimum atomic E-state index is -0.286. The van der Waals surface area contributed by atoms with Crippen molar-refractivity contribution in [2.24, 2.45) is 0 Å². The van der Waals surface area contributed by atoms with Gasteiger partial charge in [0.15, 0.2) is 0 Å². The fraction of sp³-hybridized carbons (Fsp3) is 0.0370. The first-order valence-electron chi connectivity index (χ1n) is 11.2. The molecule has 0 unspecified atom stereocenters. The second-order valence-corrected chi connectivity index (χ2v) is 8.43. The number of carbonyl (C=O) groups excluding carboxylic acids is 1. The Kier molecular flexibility index (Phi) is 6.59. The Hall–Kier alpha value is -4.69. The van der Waals surface area contributed by atoms with Crippen LogP contribution < -0.4 is 16.0 Å². The molecule has 2 heterocycles. The molecule has 0 saturated carbocycles. The first kappa shape index (κ1) is 23.1. The smallest absolute Gasteiger partial charge is 0.247 e. The van der Waals surface area contributed by atoms with Crippen LogP contribution >= 0.6 is 11.6 Å². The molecule has 178 valence electrons. The Balaban J connectivity index is 1.42. The predicted octanol–water partition coefficient (Wildman–Crippen LogP) is 6.14. The van der Waals surface area contributed by atoms with E-state index in [1.165, 1.54) is 6.08 Å². The Morgan fingerprint density at radius 1 is 0.944 bits per heavy atom. The summed E-state index contributed by atoms with van der Waals surface area (Å²) in [4.78, 5) is 21.0. The second kappa shape index (κ2) is 10.3. The van der Waals surface area contributed by atoms with E-state index in [1.807, 2.05) is 53.3 Å². The van der Waals surface area contributed by atoms with Gasteiger partial charge in [-0.2, -0.15) is 10.1 Å². The summed E-state index contributed by atoms with van der Waals surface area (Å²) < 4.78 is 1.85. The van der Waals surface area contributed by atoms with Crippen LogP contribution in [0.3, 0.4) is 0 Å². The molecule has 0 bridgehead atoms. The lowest BCUT2D eigenvalue weighted by Crippen LogP contribution is -2.07. The van der Waals surface area contributed by atoms with E-state index >= 15 is 0 Å². The number of halogens is 1. The van der Waals surface area contributed by atoms with Crippen LogP contribution in [0.4, 0.5) is 28.8 Å². The Bertz CT molecular complexity index is 1550. The third-order valence-electron chi connectivity index (χ3n) is 5.31. The number of nitrogens with zero attached hydrogens (tertiary/aromatic N) is 4. The van der Waals surface area contributed by atoms with Gasteiger partial charge in [-0.25, -0.2) is 4.98 Å². The molecule has 0 aliphatic carbocycles. The molecular formula is C27H22ClN7O. The summed E-state index contributed by atoms with van der Waals surface area (Å²) in [6.45, 7) is 4.14. The Morgan fingerprint density at radius 2 is 1.78 bits per heavy atom. The fourth-order valence-electron chi connectivity index (χ4n) is 3.67. The molecule has 9 heteroatoms. The number of hydrogen-bond donors (Lipinski definition) is 3. The van der Waals surface area contributed by atoms with Gasteiger partial charge in [-0.1, -0.05) is 54.6 Å². The normalized spacial score (nSPS) is 10.7. The van der Waals surface area contributed by atoms with Crippen LogP contribution in [0, 0.1) is 0 Å². The second-order valence-electron chi connectivity index (χ2n) is 7.99. The molecule has 3 aromatic carbocycles. The summed E-state index contributed by atoms with van der Waals surface area (Å²) in [7, 11) is 0. The van der Waals surface area contributed by atoms with E-state index in [0.29, 0.717) is 34.5 Å². The zero-order valence-electron chi connectivity index (χ0n) is 19.1. The van der Waals surface area contributed by atoms with Gasteiger partial charge < -0.3 is 16.0 Å². The molecule has 0 fully saturated rings. The first-order chi connectivity index (χ1) is 17.6. The maximum atomic E-state index is 11.7. The van der Waals surface area contributed by atoms with Gasteiger partial charge in [0, 0.05) is 28.0 Å².